The molecule has 1 heterocycles. The third-order valence-corrected chi connectivity index (χ3v) is 8.14. The zero-order valence-electron chi connectivity index (χ0n) is 29.9. The Morgan fingerprint density at radius 2 is 1.70 bits per heavy atom. The topological polar surface area (TPSA) is 105 Å². The Hall–Kier alpha value is -4.35. The molecular formula is C39H51FN2O8. The van der Waals surface area contributed by atoms with Gasteiger partial charge in [-0.1, -0.05) is 36.4 Å². The van der Waals surface area contributed by atoms with Crippen molar-refractivity contribution in [3.63, 3.8) is 0 Å². The van der Waals surface area contributed by atoms with Gasteiger partial charge >= 0.3 is 6.09 Å². The Balaban J connectivity index is 1.31. The first-order chi connectivity index (χ1) is 24.0. The monoisotopic (exact) mass is 694 g/mol. The minimum absolute atomic E-state index is 0.0218. The van der Waals surface area contributed by atoms with Gasteiger partial charge in [0.25, 0.3) is 0 Å². The first kappa shape index (κ1) is 38.5. The minimum atomic E-state index is -0.613. The molecule has 50 heavy (non-hydrogen) atoms. The zero-order chi connectivity index (χ0) is 35.9. The van der Waals surface area contributed by atoms with Crippen LogP contribution in [0.5, 0.6) is 17.2 Å². The summed E-state index contributed by atoms with van der Waals surface area (Å²) in [6, 6.07) is 20.2. The summed E-state index contributed by atoms with van der Waals surface area (Å²) in [7, 11) is 1.65. The van der Waals surface area contributed by atoms with E-state index in [2.05, 4.69) is 5.32 Å². The number of nitrogens with one attached hydrogen (secondary N) is 1. The fraction of sp³-hybridized carbons (Fsp3) is 0.487. The van der Waals surface area contributed by atoms with Gasteiger partial charge in [0.15, 0.2) is 0 Å². The van der Waals surface area contributed by atoms with Crippen molar-refractivity contribution in [2.75, 3.05) is 53.2 Å². The van der Waals surface area contributed by atoms with Crippen molar-refractivity contribution >= 4 is 12.0 Å². The molecule has 1 aliphatic heterocycles. The Morgan fingerprint density at radius 1 is 0.920 bits per heavy atom. The van der Waals surface area contributed by atoms with Gasteiger partial charge in [0, 0.05) is 44.0 Å². The van der Waals surface area contributed by atoms with Crippen LogP contribution in [0.2, 0.25) is 0 Å². The Labute approximate surface area is 295 Å². The van der Waals surface area contributed by atoms with Crippen LogP contribution in [0.4, 0.5) is 9.18 Å². The quantitative estimate of drug-likeness (QED) is 0.156. The van der Waals surface area contributed by atoms with Gasteiger partial charge in [-0.2, -0.15) is 0 Å². The van der Waals surface area contributed by atoms with Crippen molar-refractivity contribution in [3.8, 4) is 17.2 Å². The lowest BCUT2D eigenvalue weighted by Crippen LogP contribution is -2.48. The Kier molecular flexibility index (Phi) is 14.7. The van der Waals surface area contributed by atoms with Crippen molar-refractivity contribution in [1.29, 1.82) is 0 Å². The number of nitrogens with zero attached hydrogens (tertiary/aromatic N) is 1. The number of piperidine rings is 1. The predicted molar refractivity (Wildman–Crippen MR) is 188 cm³/mol. The first-order valence-electron chi connectivity index (χ1n) is 17.2. The number of carbonyl (C=O) groups is 2. The number of hydrogen-bond donors (Lipinski definition) is 1. The molecule has 4 rings (SSSR count). The van der Waals surface area contributed by atoms with Crippen LogP contribution >= 0.6 is 0 Å². The van der Waals surface area contributed by atoms with Crippen LogP contribution in [0.25, 0.3) is 0 Å². The summed E-state index contributed by atoms with van der Waals surface area (Å²) < 4.78 is 49.2. The normalized spacial score (nSPS) is 16.1. The highest BCUT2D eigenvalue weighted by Crippen LogP contribution is 2.32. The van der Waals surface area contributed by atoms with E-state index in [0.717, 1.165) is 34.6 Å². The third-order valence-electron chi connectivity index (χ3n) is 8.14. The average Bonchev–Trinajstić information content (AvgIpc) is 3.08. The van der Waals surface area contributed by atoms with E-state index < -0.39 is 11.4 Å². The zero-order valence-corrected chi connectivity index (χ0v) is 29.9. The number of likely N-dealkylation sites (tertiary alicyclic amines) is 1. The summed E-state index contributed by atoms with van der Waals surface area (Å²) >= 11 is 0. The number of carbonyl (C=O) groups excluding carboxylic acids is 2. The molecule has 1 saturated heterocycles. The molecule has 3 aromatic carbocycles. The number of benzene rings is 3. The molecule has 1 fully saturated rings. The van der Waals surface area contributed by atoms with Gasteiger partial charge in [0.05, 0.1) is 46.2 Å². The lowest BCUT2D eigenvalue weighted by Gasteiger charge is -2.39. The van der Waals surface area contributed by atoms with E-state index in [4.69, 9.17) is 28.4 Å². The van der Waals surface area contributed by atoms with Gasteiger partial charge in [-0.05, 0) is 69.0 Å². The number of amides is 2. The fourth-order valence-electron chi connectivity index (χ4n) is 5.72. The van der Waals surface area contributed by atoms with Gasteiger partial charge in [-0.3, -0.25) is 4.79 Å². The van der Waals surface area contributed by atoms with Crippen LogP contribution in [0.15, 0.2) is 66.7 Å². The van der Waals surface area contributed by atoms with E-state index >= 15 is 0 Å². The van der Waals surface area contributed by atoms with Crippen LogP contribution in [0.3, 0.4) is 0 Å². The molecule has 0 aromatic heterocycles. The van der Waals surface area contributed by atoms with Gasteiger partial charge in [0.1, 0.15) is 35.3 Å². The summed E-state index contributed by atoms with van der Waals surface area (Å²) in [6.45, 7) is 10.3. The van der Waals surface area contributed by atoms with Crippen LogP contribution in [-0.4, -0.2) is 81.8 Å². The minimum Gasteiger partial charge on any atom is -0.496 e. The molecule has 3 aromatic rings. The second-order valence-corrected chi connectivity index (χ2v) is 13.2. The van der Waals surface area contributed by atoms with Gasteiger partial charge in [-0.15, -0.1) is 0 Å². The molecule has 2 unspecified atom stereocenters. The number of methoxy groups -OCH3 is 1. The van der Waals surface area contributed by atoms with Crippen LogP contribution < -0.4 is 19.5 Å². The number of rotatable bonds is 17. The van der Waals surface area contributed by atoms with Gasteiger partial charge in [0.2, 0.25) is 5.91 Å². The molecule has 0 radical (unpaired) electrons. The van der Waals surface area contributed by atoms with Crippen LogP contribution in [0, 0.1) is 5.82 Å². The molecule has 0 spiro atoms. The van der Waals surface area contributed by atoms with E-state index in [1.807, 2.05) is 69.3 Å². The lowest BCUT2D eigenvalue weighted by molar-refractivity contribution is -0.118. The smallest absolute Gasteiger partial charge is 0.410 e. The fourth-order valence-corrected chi connectivity index (χ4v) is 5.72. The first-order valence-corrected chi connectivity index (χ1v) is 17.2. The summed E-state index contributed by atoms with van der Waals surface area (Å²) in [5.74, 6) is 1.47. The highest BCUT2D eigenvalue weighted by molar-refractivity contribution is 5.72. The summed E-state index contributed by atoms with van der Waals surface area (Å²) in [5, 5.41) is 2.75. The molecule has 11 heteroatoms. The molecule has 2 amide bonds. The largest absolute Gasteiger partial charge is 0.496 e. The van der Waals surface area contributed by atoms with Crippen LogP contribution in [-0.2, 0) is 32.0 Å². The molecule has 1 N–H and O–H groups in total. The highest BCUT2D eigenvalue weighted by Gasteiger charge is 2.35. The number of hydrogen-bond acceptors (Lipinski definition) is 8. The van der Waals surface area contributed by atoms with Gasteiger partial charge in [-0.25, -0.2) is 9.18 Å². The second-order valence-electron chi connectivity index (χ2n) is 13.2. The van der Waals surface area contributed by atoms with Crippen molar-refractivity contribution in [3.05, 3.63) is 89.2 Å². The standard InChI is InChI=1S/C39H51FN2O8/c1-28(43)41-19-17-30-11-14-32(40)25-36(30)48-23-24-49-37-26-42(38(44)50-39(2,3)4)20-18-34(37)29-12-15-33(16-13-29)47-22-8-21-46-27-31-9-6-7-10-35(31)45-5/h6-7,9-16,25,34,37H,8,17-24,26-27H2,1-5H3,(H,41,43). The van der Waals surface area contributed by atoms with Crippen molar-refractivity contribution in [2.24, 2.45) is 0 Å². The van der Waals surface area contributed by atoms with Crippen molar-refractivity contribution in [2.45, 2.75) is 71.2 Å². The van der Waals surface area contributed by atoms with Crippen molar-refractivity contribution in [1.82, 2.24) is 10.2 Å². The lowest BCUT2D eigenvalue weighted by atomic mass is 9.87. The molecular weight excluding hydrogens is 643 g/mol. The summed E-state index contributed by atoms with van der Waals surface area (Å²) in [4.78, 5) is 25.9. The second kappa shape index (κ2) is 19.2. The van der Waals surface area contributed by atoms with E-state index in [0.29, 0.717) is 58.0 Å². The van der Waals surface area contributed by atoms with E-state index in [1.165, 1.54) is 19.1 Å². The molecule has 0 bridgehead atoms. The van der Waals surface area contributed by atoms with Crippen LogP contribution in [0.1, 0.15) is 63.1 Å². The van der Waals surface area contributed by atoms with Crippen molar-refractivity contribution < 1.29 is 42.4 Å². The molecule has 272 valence electrons. The maximum Gasteiger partial charge on any atom is 0.410 e. The Morgan fingerprint density at radius 3 is 2.44 bits per heavy atom. The average molecular weight is 695 g/mol. The molecule has 0 saturated carbocycles. The molecule has 10 nitrogen and oxygen atoms in total. The van der Waals surface area contributed by atoms with E-state index in [1.54, 1.807) is 18.1 Å². The predicted octanol–water partition coefficient (Wildman–Crippen LogP) is 6.69. The SMILES string of the molecule is COc1ccccc1COCCCOc1ccc(C2CCN(C(=O)OC(C)(C)C)CC2OCCOc2cc(F)ccc2CCNC(C)=O)cc1. The highest BCUT2D eigenvalue weighted by atomic mass is 19.1. The molecule has 2 atom stereocenters. The summed E-state index contributed by atoms with van der Waals surface area (Å²) in [5.41, 5.74) is 2.26. The molecule has 0 aliphatic carbocycles. The number of halogens is 1. The third kappa shape index (κ3) is 12.5. The molecule has 1 aliphatic rings. The maximum absolute atomic E-state index is 14.1. The van der Waals surface area contributed by atoms with E-state index in [-0.39, 0.29) is 37.2 Å². The Bertz CT molecular complexity index is 1510. The summed E-state index contributed by atoms with van der Waals surface area (Å²) in [6.07, 6.45) is 1.23. The van der Waals surface area contributed by atoms with E-state index in [9.17, 15) is 14.0 Å². The number of para-hydroxylation sites is 1. The van der Waals surface area contributed by atoms with Gasteiger partial charge < -0.3 is 38.6 Å². The maximum atomic E-state index is 14.1. The number of ether oxygens (including phenoxy) is 6.